The van der Waals surface area contributed by atoms with Gasteiger partial charge in [0, 0.05) is 12.0 Å². The third-order valence-electron chi connectivity index (χ3n) is 5.83. The summed E-state index contributed by atoms with van der Waals surface area (Å²) in [7, 11) is 0. The van der Waals surface area contributed by atoms with Gasteiger partial charge in [-0.2, -0.15) is 0 Å². The van der Waals surface area contributed by atoms with Crippen molar-refractivity contribution < 1.29 is 37.4 Å². The number of ketones is 2. The van der Waals surface area contributed by atoms with Crippen LogP contribution in [-0.2, 0) is 19.1 Å². The van der Waals surface area contributed by atoms with Crippen molar-refractivity contribution in [2.45, 2.75) is 71.4 Å². The van der Waals surface area contributed by atoms with Gasteiger partial charge >= 0.3 is 12.1 Å². The Morgan fingerprint density at radius 3 is 2.39 bits per heavy atom. The van der Waals surface area contributed by atoms with Crippen LogP contribution in [0.2, 0.25) is 0 Å². The Hall–Kier alpha value is -3.70. The number of Topliss-reactive ketones (excluding diaryl/α,β-unsaturated/α-hetero) is 2. The zero-order valence-electron chi connectivity index (χ0n) is 22.0. The number of carbonyl (C=O) groups excluding carboxylic acids is 4. The Balaban J connectivity index is 1.89. The number of para-hydroxylation sites is 1. The summed E-state index contributed by atoms with van der Waals surface area (Å²) >= 11 is 0. The second-order valence-corrected chi connectivity index (χ2v) is 10.1. The average Bonchev–Trinajstić information content (AvgIpc) is 3.59. The van der Waals surface area contributed by atoms with Gasteiger partial charge in [0.15, 0.2) is 11.6 Å². The van der Waals surface area contributed by atoms with Crippen LogP contribution in [0, 0.1) is 12.8 Å². The predicted molar refractivity (Wildman–Crippen MR) is 134 cm³/mol. The molecule has 1 aliphatic rings. The molecule has 0 radical (unpaired) electrons. The van der Waals surface area contributed by atoms with Gasteiger partial charge in [-0.25, -0.2) is 23.5 Å². The lowest BCUT2D eigenvalue weighted by atomic mass is 9.89. The monoisotopic (exact) mass is 534 g/mol. The Labute approximate surface area is 218 Å². The molecule has 2 aromatic rings. The largest absolute Gasteiger partial charge is 0.465 e. The van der Waals surface area contributed by atoms with Gasteiger partial charge in [-0.15, -0.1) is 0 Å². The normalized spacial score (nSPS) is 15.1. The third-order valence-corrected chi connectivity index (χ3v) is 5.83. The molecule has 0 aliphatic heterocycles. The maximum atomic E-state index is 13.5. The summed E-state index contributed by atoms with van der Waals surface area (Å²) in [6, 6.07) is 4.65. The summed E-state index contributed by atoms with van der Waals surface area (Å²) in [5.74, 6) is -3.51. The highest BCUT2D eigenvalue weighted by atomic mass is 19.3. The minimum absolute atomic E-state index is 0.0124. The molecule has 1 atom stereocenters. The highest BCUT2D eigenvalue weighted by molar-refractivity contribution is 6.13. The highest BCUT2D eigenvalue weighted by Gasteiger charge is 2.55. The number of rotatable bonds is 11. The van der Waals surface area contributed by atoms with Crippen LogP contribution in [0.1, 0.15) is 63.0 Å². The van der Waals surface area contributed by atoms with Crippen LogP contribution >= 0.6 is 0 Å². The summed E-state index contributed by atoms with van der Waals surface area (Å²) in [4.78, 5) is 60.7. The van der Waals surface area contributed by atoms with Crippen molar-refractivity contribution in [2.24, 2.45) is 5.92 Å². The van der Waals surface area contributed by atoms with Crippen molar-refractivity contribution in [3.8, 4) is 0 Å². The first-order chi connectivity index (χ1) is 17.8. The molecule has 1 aliphatic carbocycles. The topological polar surface area (TPSA) is 137 Å². The summed E-state index contributed by atoms with van der Waals surface area (Å²) in [6.07, 6.45) is -3.39. The number of alkyl halides is 2. The predicted octanol–water partition coefficient (Wildman–Crippen LogP) is 3.99. The molecule has 1 saturated carbocycles. The Morgan fingerprint density at radius 2 is 1.82 bits per heavy atom. The van der Waals surface area contributed by atoms with Gasteiger partial charge in [-0.1, -0.05) is 6.07 Å². The number of esters is 1. The molecule has 0 bridgehead atoms. The SMILES string of the molecule is CCOC(=O)C(CC(=O)c1cccc2nc(C)c(NCC(F)F)nc12)C(=O)C1(NC(=O)OC(C)(C)C)CC1. The summed E-state index contributed by atoms with van der Waals surface area (Å²) in [5, 5.41) is 5.07. The van der Waals surface area contributed by atoms with E-state index in [1.54, 1.807) is 46.8 Å². The van der Waals surface area contributed by atoms with Crippen LogP contribution in [0.15, 0.2) is 18.2 Å². The van der Waals surface area contributed by atoms with Crippen LogP contribution < -0.4 is 10.6 Å². The van der Waals surface area contributed by atoms with Gasteiger partial charge in [-0.3, -0.25) is 14.4 Å². The molecule has 1 fully saturated rings. The molecule has 38 heavy (non-hydrogen) atoms. The van der Waals surface area contributed by atoms with Gasteiger partial charge in [-0.05, 0) is 59.6 Å². The first-order valence-corrected chi connectivity index (χ1v) is 12.3. The van der Waals surface area contributed by atoms with E-state index < -0.39 is 60.1 Å². The van der Waals surface area contributed by atoms with E-state index in [1.165, 1.54) is 6.07 Å². The highest BCUT2D eigenvalue weighted by Crippen LogP contribution is 2.40. The van der Waals surface area contributed by atoms with E-state index in [9.17, 15) is 28.0 Å². The summed E-state index contributed by atoms with van der Waals surface area (Å²) in [5.41, 5.74) is -1.20. The molecule has 3 rings (SSSR count). The van der Waals surface area contributed by atoms with Crippen LogP contribution in [-0.4, -0.2) is 64.3 Å². The Bertz CT molecular complexity index is 1240. The molecular formula is C26H32F2N4O6. The number of nitrogens with zero attached hydrogens (tertiary/aromatic N) is 2. The van der Waals surface area contributed by atoms with Crippen LogP contribution in [0.5, 0.6) is 0 Å². The van der Waals surface area contributed by atoms with Crippen molar-refractivity contribution in [3.05, 3.63) is 29.5 Å². The smallest absolute Gasteiger partial charge is 0.408 e. The van der Waals surface area contributed by atoms with Gasteiger partial charge < -0.3 is 20.1 Å². The number of aromatic nitrogens is 2. The van der Waals surface area contributed by atoms with Crippen molar-refractivity contribution in [1.29, 1.82) is 0 Å². The second-order valence-electron chi connectivity index (χ2n) is 10.1. The molecule has 0 spiro atoms. The van der Waals surface area contributed by atoms with Gasteiger partial charge in [0.25, 0.3) is 6.43 Å². The van der Waals surface area contributed by atoms with Crippen molar-refractivity contribution in [3.63, 3.8) is 0 Å². The number of benzene rings is 1. The summed E-state index contributed by atoms with van der Waals surface area (Å²) in [6.45, 7) is 7.54. The zero-order valence-corrected chi connectivity index (χ0v) is 22.0. The van der Waals surface area contributed by atoms with Gasteiger partial charge in [0.05, 0.1) is 24.4 Å². The number of hydrogen-bond acceptors (Lipinski definition) is 9. The number of carbonyl (C=O) groups is 4. The fourth-order valence-electron chi connectivity index (χ4n) is 3.94. The van der Waals surface area contributed by atoms with Crippen molar-refractivity contribution in [2.75, 3.05) is 18.5 Å². The number of halogens is 2. The van der Waals surface area contributed by atoms with E-state index in [4.69, 9.17) is 9.47 Å². The number of amides is 1. The lowest BCUT2D eigenvalue weighted by Gasteiger charge is -2.25. The van der Waals surface area contributed by atoms with Gasteiger partial charge in [0.1, 0.15) is 28.4 Å². The first-order valence-electron chi connectivity index (χ1n) is 12.3. The van der Waals surface area contributed by atoms with E-state index in [1.807, 2.05) is 0 Å². The Morgan fingerprint density at radius 1 is 1.13 bits per heavy atom. The van der Waals surface area contributed by atoms with E-state index in [2.05, 4.69) is 20.6 Å². The maximum Gasteiger partial charge on any atom is 0.408 e. The minimum Gasteiger partial charge on any atom is -0.465 e. The number of ether oxygens (including phenoxy) is 2. The number of anilines is 1. The Kier molecular flexibility index (Phi) is 8.63. The second kappa shape index (κ2) is 11.4. The molecule has 0 saturated heterocycles. The number of fused-ring (bicyclic) bond motifs is 1. The lowest BCUT2D eigenvalue weighted by Crippen LogP contribution is -2.49. The molecule has 206 valence electrons. The molecule has 10 nitrogen and oxygen atoms in total. The molecule has 1 unspecified atom stereocenters. The molecule has 12 heteroatoms. The third kappa shape index (κ3) is 6.99. The average molecular weight is 535 g/mol. The van der Waals surface area contributed by atoms with Crippen LogP contribution in [0.25, 0.3) is 11.0 Å². The maximum absolute atomic E-state index is 13.5. The molecule has 1 aromatic heterocycles. The van der Waals surface area contributed by atoms with Crippen LogP contribution in [0.4, 0.5) is 19.4 Å². The van der Waals surface area contributed by atoms with Gasteiger partial charge in [0.2, 0.25) is 0 Å². The van der Waals surface area contributed by atoms with Crippen molar-refractivity contribution >= 4 is 40.5 Å². The van der Waals surface area contributed by atoms with E-state index in [0.29, 0.717) is 11.2 Å². The lowest BCUT2D eigenvalue weighted by molar-refractivity contribution is -0.152. The number of nitrogens with one attached hydrogen (secondary N) is 2. The number of hydrogen-bond donors (Lipinski definition) is 2. The fourth-order valence-corrected chi connectivity index (χ4v) is 3.94. The van der Waals surface area contributed by atoms with E-state index in [0.717, 1.165) is 0 Å². The number of aryl methyl sites for hydroxylation is 1. The number of alkyl carbamates (subject to hydrolysis) is 1. The molecule has 1 aromatic carbocycles. The molecular weight excluding hydrogens is 502 g/mol. The van der Waals surface area contributed by atoms with E-state index in [-0.39, 0.29) is 36.3 Å². The minimum atomic E-state index is -2.62. The molecule has 1 amide bonds. The quantitative estimate of drug-likeness (QED) is 0.249. The molecule has 2 N–H and O–H groups in total. The van der Waals surface area contributed by atoms with Crippen molar-refractivity contribution in [1.82, 2.24) is 15.3 Å². The van der Waals surface area contributed by atoms with E-state index >= 15 is 0 Å². The standard InChI is InChI=1S/C26H32F2N4O6/c1-6-37-23(35)16(21(34)26(10-11-26)32-24(36)38-25(3,4)5)12-18(33)15-8-7-9-17-20(15)31-22(14(2)30-17)29-13-19(27)28/h7-9,16,19H,6,10-13H2,1-5H3,(H,29,31)(H,32,36). The summed E-state index contributed by atoms with van der Waals surface area (Å²) < 4.78 is 35.8. The first kappa shape index (κ1) is 28.9. The zero-order chi connectivity index (χ0) is 28.3. The fraction of sp³-hybridized carbons (Fsp3) is 0.538. The van der Waals surface area contributed by atoms with Crippen LogP contribution in [0.3, 0.4) is 0 Å². The molecule has 1 heterocycles.